The van der Waals surface area contributed by atoms with Crippen molar-refractivity contribution in [3.8, 4) is 0 Å². The highest BCUT2D eigenvalue weighted by atomic mass is 32.2. The van der Waals surface area contributed by atoms with Gasteiger partial charge in [-0.3, -0.25) is 9.59 Å². The van der Waals surface area contributed by atoms with E-state index < -0.39 is 11.4 Å². The number of hydrogen-bond donors (Lipinski definition) is 2. The Labute approximate surface area is 117 Å². The number of carboxylic acid groups (broad SMARTS) is 1. The third kappa shape index (κ3) is 5.38. The normalized spacial score (nSPS) is 17.9. The highest BCUT2D eigenvalue weighted by molar-refractivity contribution is 7.99. The highest BCUT2D eigenvalue weighted by Gasteiger charge is 2.40. The molecule has 0 aromatic rings. The summed E-state index contributed by atoms with van der Waals surface area (Å²) in [6, 6.07) is 0. The van der Waals surface area contributed by atoms with E-state index in [0.29, 0.717) is 38.4 Å². The minimum atomic E-state index is -0.870. The molecule has 7 heteroatoms. The summed E-state index contributed by atoms with van der Waals surface area (Å²) in [5, 5.41) is 12.0. The van der Waals surface area contributed by atoms with Crippen LogP contribution in [-0.4, -0.2) is 62.0 Å². The van der Waals surface area contributed by atoms with Gasteiger partial charge < -0.3 is 19.9 Å². The number of aliphatic carboxylic acids is 1. The van der Waals surface area contributed by atoms with E-state index in [-0.39, 0.29) is 12.5 Å². The second-order valence-corrected chi connectivity index (χ2v) is 5.63. The maximum atomic E-state index is 11.6. The van der Waals surface area contributed by atoms with E-state index in [1.54, 1.807) is 7.11 Å². The van der Waals surface area contributed by atoms with Crippen molar-refractivity contribution >= 4 is 23.6 Å². The Balaban J connectivity index is 2.31. The second kappa shape index (κ2) is 8.39. The Morgan fingerprint density at radius 3 is 2.68 bits per heavy atom. The van der Waals surface area contributed by atoms with Crippen molar-refractivity contribution in [2.45, 2.75) is 12.8 Å². The lowest BCUT2D eigenvalue weighted by Crippen LogP contribution is -2.46. The molecule has 110 valence electrons. The van der Waals surface area contributed by atoms with Gasteiger partial charge in [0.2, 0.25) is 5.91 Å². The molecule has 1 saturated heterocycles. The van der Waals surface area contributed by atoms with Crippen LogP contribution in [0.3, 0.4) is 0 Å². The fourth-order valence-corrected chi connectivity index (χ4v) is 2.57. The summed E-state index contributed by atoms with van der Waals surface area (Å²) < 4.78 is 10.1. The van der Waals surface area contributed by atoms with E-state index in [9.17, 15) is 14.7 Å². The third-order valence-corrected chi connectivity index (χ3v) is 4.11. The standard InChI is InChI=1S/C12H21NO5S/c1-17-6-7-19-8-10(14)13-9-12(11(15)16)2-4-18-5-3-12/h2-9H2,1H3,(H,13,14)(H,15,16). The van der Waals surface area contributed by atoms with Gasteiger partial charge >= 0.3 is 5.97 Å². The lowest BCUT2D eigenvalue weighted by Gasteiger charge is -2.33. The molecule has 6 nitrogen and oxygen atoms in total. The van der Waals surface area contributed by atoms with E-state index in [0.717, 1.165) is 5.75 Å². The molecule has 0 atom stereocenters. The number of carbonyl (C=O) groups is 2. The zero-order chi connectivity index (χ0) is 14.1. The van der Waals surface area contributed by atoms with Crippen LogP contribution in [-0.2, 0) is 19.1 Å². The first-order valence-corrected chi connectivity index (χ1v) is 7.41. The first kappa shape index (κ1) is 16.3. The summed E-state index contributed by atoms with van der Waals surface area (Å²) in [6.07, 6.45) is 0.888. The molecule has 0 bridgehead atoms. The topological polar surface area (TPSA) is 84.9 Å². The molecule has 1 aliphatic heterocycles. The van der Waals surface area contributed by atoms with Crippen molar-refractivity contribution in [1.29, 1.82) is 0 Å². The zero-order valence-electron chi connectivity index (χ0n) is 11.1. The molecule has 0 aromatic heterocycles. The lowest BCUT2D eigenvalue weighted by molar-refractivity contribution is -0.154. The third-order valence-electron chi connectivity index (χ3n) is 3.19. The molecule has 0 aromatic carbocycles. The predicted octanol–water partition coefficient (Wildman–Crippen LogP) is 0.364. The van der Waals surface area contributed by atoms with Crippen molar-refractivity contribution in [2.24, 2.45) is 5.41 Å². The van der Waals surface area contributed by atoms with E-state index in [2.05, 4.69) is 5.32 Å². The lowest BCUT2D eigenvalue weighted by atomic mass is 9.80. The number of rotatable bonds is 8. The monoisotopic (exact) mass is 291 g/mol. The quantitative estimate of drug-likeness (QED) is 0.628. The SMILES string of the molecule is COCCSCC(=O)NCC1(C(=O)O)CCOCC1. The van der Waals surface area contributed by atoms with Crippen molar-refractivity contribution in [3.05, 3.63) is 0 Å². The van der Waals surface area contributed by atoms with Crippen LogP contribution >= 0.6 is 11.8 Å². The van der Waals surface area contributed by atoms with Crippen LogP contribution in [0.2, 0.25) is 0 Å². The summed E-state index contributed by atoms with van der Waals surface area (Å²) in [7, 11) is 1.61. The Bertz CT molecular complexity index is 304. The molecule has 1 aliphatic rings. The molecule has 2 N–H and O–H groups in total. The average Bonchev–Trinajstić information content (AvgIpc) is 2.42. The van der Waals surface area contributed by atoms with Gasteiger partial charge in [-0.25, -0.2) is 0 Å². The summed E-state index contributed by atoms with van der Waals surface area (Å²) in [5.41, 5.74) is -0.870. The molecule has 1 amide bonds. The molecule has 1 heterocycles. The summed E-state index contributed by atoms with van der Waals surface area (Å²) in [5.74, 6) is 0.0913. The predicted molar refractivity (Wildman–Crippen MR) is 72.3 cm³/mol. The molecule has 0 radical (unpaired) electrons. The van der Waals surface area contributed by atoms with Crippen molar-refractivity contribution in [3.63, 3.8) is 0 Å². The highest BCUT2D eigenvalue weighted by Crippen LogP contribution is 2.30. The van der Waals surface area contributed by atoms with Gasteiger partial charge in [0.15, 0.2) is 0 Å². The number of nitrogens with one attached hydrogen (secondary N) is 1. The Hall–Kier alpha value is -0.790. The minimum absolute atomic E-state index is 0.131. The van der Waals surface area contributed by atoms with Gasteiger partial charge in [-0.1, -0.05) is 0 Å². The van der Waals surface area contributed by atoms with Crippen LogP contribution < -0.4 is 5.32 Å². The summed E-state index contributed by atoms with van der Waals surface area (Å²) >= 11 is 1.47. The maximum absolute atomic E-state index is 11.6. The summed E-state index contributed by atoms with van der Waals surface area (Å²) in [4.78, 5) is 23.0. The molecular formula is C12H21NO5S. The van der Waals surface area contributed by atoms with E-state index in [4.69, 9.17) is 9.47 Å². The van der Waals surface area contributed by atoms with Gasteiger partial charge in [0.25, 0.3) is 0 Å². The van der Waals surface area contributed by atoms with Crippen LogP contribution in [0.15, 0.2) is 0 Å². The molecular weight excluding hydrogens is 270 g/mol. The van der Waals surface area contributed by atoms with Crippen LogP contribution in [0.25, 0.3) is 0 Å². The number of ether oxygens (including phenoxy) is 2. The number of amides is 1. The van der Waals surface area contributed by atoms with Crippen molar-refractivity contribution < 1.29 is 24.2 Å². The maximum Gasteiger partial charge on any atom is 0.311 e. The summed E-state index contributed by atoms with van der Waals surface area (Å²) in [6.45, 7) is 1.65. The van der Waals surface area contributed by atoms with Gasteiger partial charge in [0.1, 0.15) is 0 Å². The van der Waals surface area contributed by atoms with Gasteiger partial charge in [-0.05, 0) is 12.8 Å². The molecule has 19 heavy (non-hydrogen) atoms. The number of carbonyl (C=O) groups excluding carboxylic acids is 1. The largest absolute Gasteiger partial charge is 0.481 e. The van der Waals surface area contributed by atoms with Gasteiger partial charge in [0, 0.05) is 32.6 Å². The average molecular weight is 291 g/mol. The molecule has 0 unspecified atom stereocenters. The number of methoxy groups -OCH3 is 1. The molecule has 1 fully saturated rings. The van der Waals surface area contributed by atoms with Crippen molar-refractivity contribution in [2.75, 3.05) is 45.0 Å². The van der Waals surface area contributed by atoms with Crippen LogP contribution in [0.1, 0.15) is 12.8 Å². The van der Waals surface area contributed by atoms with E-state index in [1.165, 1.54) is 11.8 Å². The first-order valence-electron chi connectivity index (χ1n) is 6.25. The number of thioether (sulfide) groups is 1. The fourth-order valence-electron chi connectivity index (χ4n) is 1.85. The second-order valence-electron chi connectivity index (χ2n) is 4.52. The van der Waals surface area contributed by atoms with Crippen LogP contribution in [0, 0.1) is 5.41 Å². The van der Waals surface area contributed by atoms with E-state index in [1.807, 2.05) is 0 Å². The van der Waals surface area contributed by atoms with Crippen LogP contribution in [0.4, 0.5) is 0 Å². The van der Waals surface area contributed by atoms with Crippen LogP contribution in [0.5, 0.6) is 0 Å². The van der Waals surface area contributed by atoms with Gasteiger partial charge in [0.05, 0.1) is 17.8 Å². The fraction of sp³-hybridized carbons (Fsp3) is 0.833. The smallest absolute Gasteiger partial charge is 0.311 e. The Kier molecular flexibility index (Phi) is 7.19. The molecule has 0 spiro atoms. The Morgan fingerprint density at radius 1 is 1.42 bits per heavy atom. The number of hydrogen-bond acceptors (Lipinski definition) is 5. The first-order chi connectivity index (χ1) is 9.10. The molecule has 0 aliphatic carbocycles. The van der Waals surface area contributed by atoms with Gasteiger partial charge in [-0.2, -0.15) is 0 Å². The van der Waals surface area contributed by atoms with Gasteiger partial charge in [-0.15, -0.1) is 11.8 Å². The Morgan fingerprint density at radius 2 is 2.11 bits per heavy atom. The minimum Gasteiger partial charge on any atom is -0.481 e. The number of carboxylic acids is 1. The molecule has 0 saturated carbocycles. The zero-order valence-corrected chi connectivity index (χ0v) is 12.0. The van der Waals surface area contributed by atoms with Crippen molar-refractivity contribution in [1.82, 2.24) is 5.32 Å². The van der Waals surface area contributed by atoms with E-state index >= 15 is 0 Å². The molecule has 1 rings (SSSR count).